The average molecular weight is 196 g/mol. The van der Waals surface area contributed by atoms with E-state index in [1.807, 2.05) is 30.8 Å². The second kappa shape index (κ2) is 5.15. The van der Waals surface area contributed by atoms with E-state index in [4.69, 9.17) is 4.74 Å². The molecule has 0 spiro atoms. The number of nitrogens with zero attached hydrogens (tertiary/aromatic N) is 2. The van der Waals surface area contributed by atoms with Crippen molar-refractivity contribution in [2.45, 2.75) is 52.9 Å². The molecule has 1 atom stereocenters. The molecule has 1 rings (SSSR count). The molecule has 80 valence electrons. The maximum atomic E-state index is 5.56. The molecule has 0 aliphatic heterocycles. The molecule has 1 aromatic heterocycles. The summed E-state index contributed by atoms with van der Waals surface area (Å²) in [5.41, 5.74) is 1.16. The molecular weight excluding hydrogens is 176 g/mol. The molecule has 0 saturated heterocycles. The number of hydrogen-bond donors (Lipinski definition) is 0. The van der Waals surface area contributed by atoms with E-state index in [1.165, 1.54) is 0 Å². The van der Waals surface area contributed by atoms with Crippen molar-refractivity contribution in [3.63, 3.8) is 0 Å². The number of ether oxygens (including phenoxy) is 1. The molecule has 0 fully saturated rings. The Morgan fingerprint density at radius 2 is 2.14 bits per heavy atom. The Bertz CT molecular complexity index is 268. The van der Waals surface area contributed by atoms with Gasteiger partial charge in [-0.25, -0.2) is 0 Å². The van der Waals surface area contributed by atoms with E-state index < -0.39 is 0 Å². The van der Waals surface area contributed by atoms with Gasteiger partial charge in [-0.15, -0.1) is 0 Å². The quantitative estimate of drug-likeness (QED) is 0.724. The molecule has 3 heteroatoms. The molecule has 0 N–H and O–H groups in total. The third-order valence-electron chi connectivity index (χ3n) is 2.33. The van der Waals surface area contributed by atoms with E-state index in [0.29, 0.717) is 12.6 Å². The van der Waals surface area contributed by atoms with Crippen molar-refractivity contribution in [2.24, 2.45) is 0 Å². The zero-order valence-corrected chi connectivity index (χ0v) is 9.53. The van der Waals surface area contributed by atoms with E-state index in [9.17, 15) is 0 Å². The summed E-state index contributed by atoms with van der Waals surface area (Å²) in [7, 11) is 0. The lowest BCUT2D eigenvalue weighted by atomic mass is 10.2. The standard InChI is InChI=1S/C11H20N2O/c1-5-10(4)13-11(6-7-12-13)8-14-9(2)3/h6-7,9-10H,5,8H2,1-4H3. The van der Waals surface area contributed by atoms with Crippen molar-refractivity contribution in [1.82, 2.24) is 9.78 Å². The van der Waals surface area contributed by atoms with Crippen LogP contribution in [0.4, 0.5) is 0 Å². The van der Waals surface area contributed by atoms with Gasteiger partial charge in [0.1, 0.15) is 0 Å². The Balaban J connectivity index is 2.62. The number of hydrogen-bond acceptors (Lipinski definition) is 2. The van der Waals surface area contributed by atoms with Crippen molar-refractivity contribution >= 4 is 0 Å². The summed E-state index contributed by atoms with van der Waals surface area (Å²) in [6.45, 7) is 9.08. The van der Waals surface area contributed by atoms with Gasteiger partial charge in [0.2, 0.25) is 0 Å². The van der Waals surface area contributed by atoms with Crippen molar-refractivity contribution in [1.29, 1.82) is 0 Å². The molecule has 0 aliphatic carbocycles. The largest absolute Gasteiger partial charge is 0.373 e. The van der Waals surface area contributed by atoms with E-state index in [-0.39, 0.29) is 6.10 Å². The Hall–Kier alpha value is -0.830. The Kier molecular flexibility index (Phi) is 4.14. The fraction of sp³-hybridized carbons (Fsp3) is 0.727. The summed E-state index contributed by atoms with van der Waals surface area (Å²) < 4.78 is 7.60. The molecule has 0 saturated carbocycles. The second-order valence-electron chi connectivity index (χ2n) is 3.88. The van der Waals surface area contributed by atoms with Crippen LogP contribution in [0.2, 0.25) is 0 Å². The van der Waals surface area contributed by atoms with Gasteiger partial charge in [0.25, 0.3) is 0 Å². The zero-order valence-electron chi connectivity index (χ0n) is 9.53. The summed E-state index contributed by atoms with van der Waals surface area (Å²) in [5.74, 6) is 0. The predicted octanol–water partition coefficient (Wildman–Crippen LogP) is 2.78. The lowest BCUT2D eigenvalue weighted by Gasteiger charge is -2.14. The van der Waals surface area contributed by atoms with Crippen LogP contribution in [0.5, 0.6) is 0 Å². The first-order chi connectivity index (χ1) is 6.65. The van der Waals surface area contributed by atoms with Gasteiger partial charge >= 0.3 is 0 Å². The molecule has 0 amide bonds. The highest BCUT2D eigenvalue weighted by Crippen LogP contribution is 2.13. The topological polar surface area (TPSA) is 27.1 Å². The highest BCUT2D eigenvalue weighted by atomic mass is 16.5. The van der Waals surface area contributed by atoms with Crippen LogP contribution in [0.25, 0.3) is 0 Å². The summed E-state index contributed by atoms with van der Waals surface area (Å²) in [5, 5.41) is 4.30. The maximum Gasteiger partial charge on any atom is 0.0888 e. The molecule has 3 nitrogen and oxygen atoms in total. The predicted molar refractivity (Wildman–Crippen MR) is 57.2 cm³/mol. The molecule has 1 heterocycles. The van der Waals surface area contributed by atoms with Crippen molar-refractivity contribution in [3.05, 3.63) is 18.0 Å². The van der Waals surface area contributed by atoms with Crippen LogP contribution in [0.15, 0.2) is 12.3 Å². The van der Waals surface area contributed by atoms with Gasteiger partial charge in [-0.05, 0) is 33.3 Å². The van der Waals surface area contributed by atoms with Gasteiger partial charge in [-0.1, -0.05) is 6.92 Å². The summed E-state index contributed by atoms with van der Waals surface area (Å²) in [4.78, 5) is 0. The highest BCUT2D eigenvalue weighted by molar-refractivity contribution is 5.00. The fourth-order valence-electron chi connectivity index (χ4n) is 1.28. The summed E-state index contributed by atoms with van der Waals surface area (Å²) in [6, 6.07) is 2.48. The van der Waals surface area contributed by atoms with Crippen LogP contribution < -0.4 is 0 Å². The van der Waals surface area contributed by atoms with Gasteiger partial charge in [0, 0.05) is 12.2 Å². The third kappa shape index (κ3) is 2.84. The van der Waals surface area contributed by atoms with Crippen molar-refractivity contribution in [3.8, 4) is 0 Å². The SMILES string of the molecule is CCC(C)n1nccc1COC(C)C. The molecule has 1 unspecified atom stereocenters. The zero-order chi connectivity index (χ0) is 10.6. The van der Waals surface area contributed by atoms with Crippen LogP contribution in [0.3, 0.4) is 0 Å². The van der Waals surface area contributed by atoms with Crippen LogP contribution in [-0.4, -0.2) is 15.9 Å². The molecule has 0 radical (unpaired) electrons. The van der Waals surface area contributed by atoms with Crippen molar-refractivity contribution in [2.75, 3.05) is 0 Å². The second-order valence-corrected chi connectivity index (χ2v) is 3.88. The van der Waals surface area contributed by atoms with E-state index in [1.54, 1.807) is 0 Å². The van der Waals surface area contributed by atoms with Gasteiger partial charge in [0.05, 0.1) is 18.4 Å². The minimum absolute atomic E-state index is 0.273. The highest BCUT2D eigenvalue weighted by Gasteiger charge is 2.08. The van der Waals surface area contributed by atoms with Gasteiger partial charge in [-0.2, -0.15) is 5.10 Å². The molecule has 0 bridgehead atoms. The molecular formula is C11H20N2O. The first kappa shape index (κ1) is 11.2. The minimum atomic E-state index is 0.273. The molecule has 1 aromatic rings. The molecule has 0 aromatic carbocycles. The number of aromatic nitrogens is 2. The maximum absolute atomic E-state index is 5.56. The monoisotopic (exact) mass is 196 g/mol. The Morgan fingerprint density at radius 1 is 1.43 bits per heavy atom. The Labute approximate surface area is 86.1 Å². The summed E-state index contributed by atoms with van der Waals surface area (Å²) in [6.07, 6.45) is 3.21. The van der Waals surface area contributed by atoms with Gasteiger partial charge < -0.3 is 4.74 Å². The first-order valence-electron chi connectivity index (χ1n) is 5.29. The normalized spacial score (nSPS) is 13.5. The van der Waals surface area contributed by atoms with E-state index >= 15 is 0 Å². The van der Waals surface area contributed by atoms with Crippen LogP contribution in [0, 0.1) is 0 Å². The van der Waals surface area contributed by atoms with Crippen LogP contribution in [0.1, 0.15) is 45.9 Å². The molecule has 0 aliphatic rings. The van der Waals surface area contributed by atoms with Crippen LogP contribution >= 0.6 is 0 Å². The number of rotatable bonds is 5. The molecule has 14 heavy (non-hydrogen) atoms. The smallest absolute Gasteiger partial charge is 0.0888 e. The third-order valence-corrected chi connectivity index (χ3v) is 2.33. The Morgan fingerprint density at radius 3 is 2.71 bits per heavy atom. The van der Waals surface area contributed by atoms with Gasteiger partial charge in [0.15, 0.2) is 0 Å². The van der Waals surface area contributed by atoms with E-state index in [2.05, 4.69) is 18.9 Å². The first-order valence-corrected chi connectivity index (χ1v) is 5.29. The average Bonchev–Trinajstić information content (AvgIpc) is 2.61. The fourth-order valence-corrected chi connectivity index (χ4v) is 1.28. The minimum Gasteiger partial charge on any atom is -0.373 e. The van der Waals surface area contributed by atoms with Crippen molar-refractivity contribution < 1.29 is 4.74 Å². The van der Waals surface area contributed by atoms with E-state index in [0.717, 1.165) is 12.1 Å². The van der Waals surface area contributed by atoms with Gasteiger partial charge in [-0.3, -0.25) is 4.68 Å². The lowest BCUT2D eigenvalue weighted by molar-refractivity contribution is 0.0602. The lowest BCUT2D eigenvalue weighted by Crippen LogP contribution is -2.12. The van der Waals surface area contributed by atoms with Crippen LogP contribution in [-0.2, 0) is 11.3 Å². The summed E-state index contributed by atoms with van der Waals surface area (Å²) >= 11 is 0.